The molecule has 0 amide bonds. The predicted octanol–water partition coefficient (Wildman–Crippen LogP) is 2.20. The van der Waals surface area contributed by atoms with Crippen LogP contribution in [0.1, 0.15) is 15.9 Å². The highest BCUT2D eigenvalue weighted by molar-refractivity contribution is 6.32. The zero-order valence-electron chi connectivity index (χ0n) is 12.4. The monoisotopic (exact) mass is 304 g/mol. The van der Waals surface area contributed by atoms with Crippen molar-refractivity contribution in [2.24, 2.45) is 4.99 Å². The molecule has 3 aromatic rings. The number of nitrogens with one attached hydrogen (secondary N) is 1. The number of esters is 1. The minimum atomic E-state index is -0.432. The number of hydrogen-bond acceptors (Lipinski definition) is 4. The van der Waals surface area contributed by atoms with Gasteiger partial charge in [-0.2, -0.15) is 0 Å². The van der Waals surface area contributed by atoms with Crippen molar-refractivity contribution in [3.05, 3.63) is 53.6 Å². The van der Waals surface area contributed by atoms with Gasteiger partial charge in [0, 0.05) is 17.1 Å². The summed E-state index contributed by atoms with van der Waals surface area (Å²) >= 11 is 0. The summed E-state index contributed by atoms with van der Waals surface area (Å²) in [5.74, 6) is -0.445. The van der Waals surface area contributed by atoms with Crippen LogP contribution in [0.2, 0.25) is 0 Å². The van der Waals surface area contributed by atoms with E-state index < -0.39 is 5.97 Å². The Labute approximate surface area is 134 Å². The van der Waals surface area contributed by atoms with Gasteiger partial charge in [-0.1, -0.05) is 23.7 Å². The molecule has 112 valence electrons. The summed E-state index contributed by atoms with van der Waals surface area (Å²) in [4.78, 5) is 18.7. The van der Waals surface area contributed by atoms with Crippen LogP contribution in [0, 0.1) is 0 Å². The Balaban J connectivity index is 1.99. The van der Waals surface area contributed by atoms with Crippen molar-refractivity contribution in [1.29, 1.82) is 0 Å². The fourth-order valence-corrected chi connectivity index (χ4v) is 2.28. The highest BCUT2D eigenvalue weighted by Gasteiger charge is 2.12. The predicted molar refractivity (Wildman–Crippen MR) is 90.4 cm³/mol. The Morgan fingerprint density at radius 3 is 2.70 bits per heavy atom. The molecule has 0 atom stereocenters. The van der Waals surface area contributed by atoms with Crippen LogP contribution in [-0.2, 0) is 4.74 Å². The molecule has 3 rings (SSSR count). The van der Waals surface area contributed by atoms with Gasteiger partial charge in [0.25, 0.3) is 0 Å². The Morgan fingerprint density at radius 1 is 1.26 bits per heavy atom. The van der Waals surface area contributed by atoms with Crippen LogP contribution in [0.3, 0.4) is 0 Å². The smallest absolute Gasteiger partial charge is 0.337 e. The van der Waals surface area contributed by atoms with Gasteiger partial charge in [-0.3, -0.25) is 4.99 Å². The Hall–Kier alpha value is -3.02. The van der Waals surface area contributed by atoms with Gasteiger partial charge in [0.05, 0.1) is 23.9 Å². The van der Waals surface area contributed by atoms with Gasteiger partial charge >= 0.3 is 5.97 Å². The molecule has 0 aliphatic rings. The molecule has 0 spiro atoms. The fraction of sp³-hybridized carbons (Fsp3) is 0.0588. The third-order valence-electron chi connectivity index (χ3n) is 3.47. The molecule has 0 aliphatic heterocycles. The average molecular weight is 304 g/mol. The van der Waals surface area contributed by atoms with E-state index in [1.54, 1.807) is 48.7 Å². The van der Waals surface area contributed by atoms with E-state index in [1.807, 2.05) is 0 Å². The van der Waals surface area contributed by atoms with Crippen molar-refractivity contribution in [3.63, 3.8) is 0 Å². The lowest BCUT2D eigenvalue weighted by atomic mass is 9.96. The van der Waals surface area contributed by atoms with E-state index in [0.29, 0.717) is 22.1 Å². The molecule has 1 heterocycles. The van der Waals surface area contributed by atoms with Crippen LogP contribution in [0.4, 0.5) is 5.69 Å². The summed E-state index contributed by atoms with van der Waals surface area (Å²) in [6.07, 6.45) is 1.57. The number of fused-ring (bicyclic) bond motifs is 1. The molecule has 2 aromatic carbocycles. The number of carbonyl (C=O) groups is 1. The second kappa shape index (κ2) is 6.00. The number of aromatic amines is 1. The van der Waals surface area contributed by atoms with E-state index in [9.17, 15) is 9.90 Å². The molecular weight excluding hydrogens is 291 g/mol. The molecule has 0 bridgehead atoms. The number of rotatable bonds is 3. The second-order valence-electron chi connectivity index (χ2n) is 4.99. The van der Waals surface area contributed by atoms with Gasteiger partial charge < -0.3 is 14.8 Å². The standard InChI is InChI=1S/C17H13BN2O3/c1-23-17(22)10-2-7-13-14(16(21)20-15(13)8-10)9-19-12-5-3-11(18)4-6-12/h2-9,20-21H,1H3. The third-order valence-corrected chi connectivity index (χ3v) is 3.47. The fourth-order valence-electron chi connectivity index (χ4n) is 2.28. The van der Waals surface area contributed by atoms with Gasteiger partial charge in [-0.15, -0.1) is 0 Å². The number of aromatic nitrogens is 1. The summed E-state index contributed by atoms with van der Waals surface area (Å²) < 4.78 is 4.69. The maximum Gasteiger partial charge on any atom is 0.337 e. The lowest BCUT2D eigenvalue weighted by Crippen LogP contribution is -2.00. The van der Waals surface area contributed by atoms with E-state index in [-0.39, 0.29) is 5.88 Å². The third kappa shape index (κ3) is 2.96. The second-order valence-corrected chi connectivity index (χ2v) is 4.99. The number of hydrogen-bond donors (Lipinski definition) is 2. The van der Waals surface area contributed by atoms with Crippen molar-refractivity contribution < 1.29 is 14.6 Å². The van der Waals surface area contributed by atoms with E-state index >= 15 is 0 Å². The number of nitrogens with zero attached hydrogens (tertiary/aromatic N) is 1. The largest absolute Gasteiger partial charge is 0.494 e. The van der Waals surface area contributed by atoms with Gasteiger partial charge in [0.1, 0.15) is 7.85 Å². The van der Waals surface area contributed by atoms with Crippen LogP contribution >= 0.6 is 0 Å². The Bertz CT molecular complexity index is 898. The number of benzene rings is 2. The van der Waals surface area contributed by atoms with Gasteiger partial charge in [0.2, 0.25) is 0 Å². The first-order chi connectivity index (χ1) is 11.1. The van der Waals surface area contributed by atoms with E-state index in [2.05, 4.69) is 14.7 Å². The molecule has 0 saturated heterocycles. The first kappa shape index (κ1) is 14.9. The van der Waals surface area contributed by atoms with Crippen LogP contribution in [-0.4, -0.2) is 37.2 Å². The number of H-pyrrole nitrogens is 1. The number of carbonyl (C=O) groups excluding carboxylic acids is 1. The van der Waals surface area contributed by atoms with Crippen LogP contribution in [0.25, 0.3) is 10.9 Å². The van der Waals surface area contributed by atoms with Crippen LogP contribution in [0.15, 0.2) is 47.5 Å². The molecule has 23 heavy (non-hydrogen) atoms. The number of methoxy groups -OCH3 is 1. The normalized spacial score (nSPS) is 11.2. The number of aromatic hydroxyl groups is 1. The topological polar surface area (TPSA) is 74.7 Å². The van der Waals surface area contributed by atoms with Crippen molar-refractivity contribution in [2.45, 2.75) is 0 Å². The highest BCUT2D eigenvalue weighted by atomic mass is 16.5. The quantitative estimate of drug-likeness (QED) is 0.442. The molecule has 0 saturated carbocycles. The first-order valence-corrected chi connectivity index (χ1v) is 6.91. The lowest BCUT2D eigenvalue weighted by Gasteiger charge is -1.99. The van der Waals surface area contributed by atoms with Crippen molar-refractivity contribution >= 4 is 42.1 Å². The van der Waals surface area contributed by atoms with Gasteiger partial charge in [-0.05, 0) is 24.3 Å². The highest BCUT2D eigenvalue weighted by Crippen LogP contribution is 2.27. The average Bonchev–Trinajstić information content (AvgIpc) is 2.88. The van der Waals surface area contributed by atoms with Crippen LogP contribution in [0.5, 0.6) is 5.88 Å². The molecule has 0 aliphatic carbocycles. The summed E-state index contributed by atoms with van der Waals surface area (Å²) in [6.45, 7) is 0. The summed E-state index contributed by atoms with van der Waals surface area (Å²) in [5, 5.41) is 10.8. The summed E-state index contributed by atoms with van der Waals surface area (Å²) in [5.41, 5.74) is 2.97. The molecule has 0 fully saturated rings. The van der Waals surface area contributed by atoms with Crippen LogP contribution < -0.4 is 5.46 Å². The minimum absolute atomic E-state index is 0.0128. The van der Waals surface area contributed by atoms with Crippen molar-refractivity contribution in [2.75, 3.05) is 7.11 Å². The van der Waals surface area contributed by atoms with Gasteiger partial charge in [-0.25, -0.2) is 4.79 Å². The Kier molecular flexibility index (Phi) is 3.89. The molecule has 2 radical (unpaired) electrons. The molecule has 0 unspecified atom stereocenters. The zero-order chi connectivity index (χ0) is 16.4. The van der Waals surface area contributed by atoms with Crippen molar-refractivity contribution in [3.8, 4) is 5.88 Å². The maximum atomic E-state index is 11.6. The van der Waals surface area contributed by atoms with Gasteiger partial charge in [0.15, 0.2) is 5.88 Å². The molecular formula is C17H13BN2O3. The maximum absolute atomic E-state index is 11.6. The van der Waals surface area contributed by atoms with E-state index in [1.165, 1.54) is 7.11 Å². The number of aliphatic imine (C=N–C) groups is 1. The lowest BCUT2D eigenvalue weighted by molar-refractivity contribution is 0.0601. The van der Waals surface area contributed by atoms with E-state index in [4.69, 9.17) is 7.85 Å². The number of ether oxygens (including phenoxy) is 1. The summed E-state index contributed by atoms with van der Waals surface area (Å²) in [7, 11) is 6.95. The summed E-state index contributed by atoms with van der Waals surface area (Å²) in [6, 6.07) is 12.1. The first-order valence-electron chi connectivity index (χ1n) is 6.91. The zero-order valence-corrected chi connectivity index (χ0v) is 12.4. The molecule has 5 nitrogen and oxygen atoms in total. The van der Waals surface area contributed by atoms with E-state index in [0.717, 1.165) is 11.1 Å². The SMILES string of the molecule is [B]c1ccc(N=Cc2c(O)[nH]c3cc(C(=O)OC)ccc23)cc1. The Morgan fingerprint density at radius 2 is 2.00 bits per heavy atom. The molecule has 1 aromatic heterocycles. The molecule has 2 N–H and O–H groups in total. The minimum Gasteiger partial charge on any atom is -0.494 e. The molecule has 6 heteroatoms. The van der Waals surface area contributed by atoms with Crippen molar-refractivity contribution in [1.82, 2.24) is 4.98 Å².